The Morgan fingerprint density at radius 1 is 1.12 bits per heavy atom. The molecule has 0 radical (unpaired) electrons. The van der Waals surface area contributed by atoms with E-state index in [-0.39, 0.29) is 24.2 Å². The SMILES string of the molecule is CCc1cccc(CC)c1N1CC(C(=O)Nc2ccc(Cl)cc2)CC1=O. The molecule has 0 spiro atoms. The highest BCUT2D eigenvalue weighted by Gasteiger charge is 2.36. The lowest BCUT2D eigenvalue weighted by Crippen LogP contribution is -2.29. The first-order valence-corrected chi connectivity index (χ1v) is 9.38. The van der Waals surface area contributed by atoms with Crippen molar-refractivity contribution in [2.75, 3.05) is 16.8 Å². The average Bonchev–Trinajstić information content (AvgIpc) is 3.04. The number of anilines is 2. The van der Waals surface area contributed by atoms with Gasteiger partial charge in [-0.15, -0.1) is 0 Å². The molecule has 2 amide bonds. The standard InChI is InChI=1S/C21H23ClN2O2/c1-3-14-6-5-7-15(4-2)20(14)24-13-16(12-19(24)25)21(26)23-18-10-8-17(22)9-11-18/h5-11,16H,3-4,12-13H2,1-2H3,(H,23,26). The van der Waals surface area contributed by atoms with Gasteiger partial charge in [0.2, 0.25) is 11.8 Å². The number of aryl methyl sites for hydroxylation is 2. The van der Waals surface area contributed by atoms with E-state index in [1.807, 2.05) is 6.07 Å². The summed E-state index contributed by atoms with van der Waals surface area (Å²) in [5, 5.41) is 3.50. The molecule has 1 aliphatic heterocycles. The molecule has 1 unspecified atom stereocenters. The van der Waals surface area contributed by atoms with Gasteiger partial charge in [-0.2, -0.15) is 0 Å². The first kappa shape index (κ1) is 18.5. The zero-order valence-electron chi connectivity index (χ0n) is 15.1. The average molecular weight is 371 g/mol. The Balaban J connectivity index is 1.79. The van der Waals surface area contributed by atoms with Crippen LogP contribution >= 0.6 is 11.6 Å². The van der Waals surface area contributed by atoms with Gasteiger partial charge in [-0.1, -0.05) is 43.6 Å². The lowest BCUT2D eigenvalue weighted by Gasteiger charge is -2.23. The number of hydrogen-bond donors (Lipinski definition) is 1. The molecule has 0 bridgehead atoms. The number of nitrogens with one attached hydrogen (secondary N) is 1. The number of amides is 2. The van der Waals surface area contributed by atoms with Crippen LogP contribution in [0.3, 0.4) is 0 Å². The molecule has 1 aliphatic rings. The molecule has 5 heteroatoms. The van der Waals surface area contributed by atoms with Gasteiger partial charge >= 0.3 is 0 Å². The fraction of sp³-hybridized carbons (Fsp3) is 0.333. The van der Waals surface area contributed by atoms with E-state index in [1.165, 1.54) is 0 Å². The van der Waals surface area contributed by atoms with Crippen molar-refractivity contribution in [1.29, 1.82) is 0 Å². The van der Waals surface area contributed by atoms with Crippen molar-refractivity contribution < 1.29 is 9.59 Å². The molecule has 0 aromatic heterocycles. The summed E-state index contributed by atoms with van der Waals surface area (Å²) in [6.45, 7) is 4.59. The maximum Gasteiger partial charge on any atom is 0.229 e. The Hall–Kier alpha value is -2.33. The van der Waals surface area contributed by atoms with Crippen LogP contribution in [0.4, 0.5) is 11.4 Å². The lowest BCUT2D eigenvalue weighted by atomic mass is 10.0. The van der Waals surface area contributed by atoms with Crippen molar-refractivity contribution in [3.05, 3.63) is 58.6 Å². The van der Waals surface area contributed by atoms with Crippen molar-refractivity contribution >= 4 is 34.8 Å². The molecular weight excluding hydrogens is 348 g/mol. The van der Waals surface area contributed by atoms with Crippen LogP contribution in [0.15, 0.2) is 42.5 Å². The minimum Gasteiger partial charge on any atom is -0.326 e. The smallest absolute Gasteiger partial charge is 0.229 e. The van der Waals surface area contributed by atoms with Crippen LogP contribution in [-0.2, 0) is 22.4 Å². The van der Waals surface area contributed by atoms with E-state index in [0.29, 0.717) is 17.3 Å². The third kappa shape index (κ3) is 3.75. The Morgan fingerprint density at radius 3 is 2.31 bits per heavy atom. The van der Waals surface area contributed by atoms with Crippen LogP contribution in [0.5, 0.6) is 0 Å². The summed E-state index contributed by atoms with van der Waals surface area (Å²) in [5.74, 6) is -0.472. The first-order chi connectivity index (χ1) is 12.5. The second-order valence-electron chi connectivity index (χ2n) is 6.53. The van der Waals surface area contributed by atoms with Crippen molar-refractivity contribution in [3.63, 3.8) is 0 Å². The molecule has 0 aliphatic carbocycles. The topological polar surface area (TPSA) is 49.4 Å². The van der Waals surface area contributed by atoms with Gasteiger partial charge in [0.1, 0.15) is 0 Å². The predicted octanol–water partition coefficient (Wildman–Crippen LogP) is 4.46. The number of carbonyl (C=O) groups is 2. The molecule has 4 nitrogen and oxygen atoms in total. The number of rotatable bonds is 5. The van der Waals surface area contributed by atoms with E-state index < -0.39 is 0 Å². The molecule has 1 saturated heterocycles. The van der Waals surface area contributed by atoms with Crippen molar-refractivity contribution in [2.24, 2.45) is 5.92 Å². The normalized spacial score (nSPS) is 16.8. The summed E-state index contributed by atoms with van der Waals surface area (Å²) in [6.07, 6.45) is 1.95. The molecule has 3 rings (SSSR count). The number of benzene rings is 2. The van der Waals surface area contributed by atoms with Crippen LogP contribution in [0, 0.1) is 5.92 Å². The summed E-state index contributed by atoms with van der Waals surface area (Å²) in [7, 11) is 0. The Morgan fingerprint density at radius 2 is 1.73 bits per heavy atom. The van der Waals surface area contributed by atoms with E-state index in [9.17, 15) is 9.59 Å². The van der Waals surface area contributed by atoms with Gasteiger partial charge in [0.25, 0.3) is 0 Å². The molecule has 1 atom stereocenters. The second kappa shape index (κ2) is 7.92. The summed E-state index contributed by atoms with van der Waals surface area (Å²) < 4.78 is 0. The number of para-hydroxylation sites is 1. The Kier molecular flexibility index (Phi) is 5.62. The second-order valence-corrected chi connectivity index (χ2v) is 6.97. The van der Waals surface area contributed by atoms with Gasteiger partial charge in [-0.25, -0.2) is 0 Å². The third-order valence-corrected chi connectivity index (χ3v) is 5.09. The Labute approximate surface area is 159 Å². The van der Waals surface area contributed by atoms with Crippen LogP contribution in [0.1, 0.15) is 31.4 Å². The third-order valence-electron chi connectivity index (χ3n) is 4.84. The predicted molar refractivity (Wildman–Crippen MR) is 106 cm³/mol. The van der Waals surface area contributed by atoms with Crippen molar-refractivity contribution in [3.8, 4) is 0 Å². The van der Waals surface area contributed by atoms with Gasteiger partial charge in [0.05, 0.1) is 5.92 Å². The lowest BCUT2D eigenvalue weighted by molar-refractivity contribution is -0.122. The summed E-state index contributed by atoms with van der Waals surface area (Å²) >= 11 is 5.87. The van der Waals surface area contributed by atoms with Crippen LogP contribution < -0.4 is 10.2 Å². The summed E-state index contributed by atoms with van der Waals surface area (Å²) in [5.41, 5.74) is 3.98. The van der Waals surface area contributed by atoms with Crippen molar-refractivity contribution in [1.82, 2.24) is 0 Å². The molecule has 0 saturated carbocycles. The van der Waals surface area contributed by atoms with Gasteiger partial charge < -0.3 is 10.2 Å². The van der Waals surface area contributed by atoms with Crippen LogP contribution in [0.25, 0.3) is 0 Å². The van der Waals surface area contributed by atoms with Gasteiger partial charge in [0, 0.05) is 29.4 Å². The molecule has 1 N–H and O–H groups in total. The molecular formula is C21H23ClN2O2. The number of hydrogen-bond acceptors (Lipinski definition) is 2. The van der Waals surface area contributed by atoms with E-state index >= 15 is 0 Å². The van der Waals surface area contributed by atoms with Gasteiger partial charge in [0.15, 0.2) is 0 Å². The zero-order valence-corrected chi connectivity index (χ0v) is 15.8. The molecule has 2 aromatic rings. The van der Waals surface area contributed by atoms with E-state index in [0.717, 1.165) is 29.7 Å². The quantitative estimate of drug-likeness (QED) is 0.844. The van der Waals surface area contributed by atoms with Gasteiger partial charge in [-0.05, 0) is 48.2 Å². The van der Waals surface area contributed by atoms with Crippen molar-refractivity contribution in [2.45, 2.75) is 33.1 Å². The van der Waals surface area contributed by atoms with E-state index in [1.54, 1.807) is 29.2 Å². The van der Waals surface area contributed by atoms with E-state index in [4.69, 9.17) is 11.6 Å². The van der Waals surface area contributed by atoms with Gasteiger partial charge in [-0.3, -0.25) is 9.59 Å². The highest BCUT2D eigenvalue weighted by atomic mass is 35.5. The molecule has 1 fully saturated rings. The molecule has 1 heterocycles. The number of halogens is 1. The minimum absolute atomic E-state index is 0.0110. The molecule has 2 aromatic carbocycles. The monoisotopic (exact) mass is 370 g/mol. The minimum atomic E-state index is -0.354. The largest absolute Gasteiger partial charge is 0.326 e. The molecule has 26 heavy (non-hydrogen) atoms. The zero-order chi connectivity index (χ0) is 18.7. The number of carbonyl (C=O) groups excluding carboxylic acids is 2. The maximum atomic E-state index is 12.7. The maximum absolute atomic E-state index is 12.7. The highest BCUT2D eigenvalue weighted by Crippen LogP contribution is 2.32. The fourth-order valence-electron chi connectivity index (χ4n) is 3.44. The summed E-state index contributed by atoms with van der Waals surface area (Å²) in [4.78, 5) is 27.1. The summed E-state index contributed by atoms with van der Waals surface area (Å²) in [6, 6.07) is 13.1. The Bertz CT molecular complexity index is 795. The molecule has 136 valence electrons. The van der Waals surface area contributed by atoms with E-state index in [2.05, 4.69) is 31.3 Å². The highest BCUT2D eigenvalue weighted by molar-refractivity contribution is 6.30. The first-order valence-electron chi connectivity index (χ1n) is 9.01. The fourth-order valence-corrected chi connectivity index (χ4v) is 3.56. The van der Waals surface area contributed by atoms with Crippen LogP contribution in [0.2, 0.25) is 5.02 Å². The number of nitrogens with zero attached hydrogens (tertiary/aromatic N) is 1. The van der Waals surface area contributed by atoms with Crippen LogP contribution in [-0.4, -0.2) is 18.4 Å².